The molecule has 0 bridgehead atoms. The minimum Gasteiger partial charge on any atom is -0.360 e. The molecule has 1 aromatic heterocycles. The lowest BCUT2D eigenvalue weighted by molar-refractivity contribution is -0.114. The van der Waals surface area contributed by atoms with Crippen LogP contribution in [0.5, 0.6) is 0 Å². The molecule has 6 nitrogen and oxygen atoms in total. The molecule has 1 aliphatic carbocycles. The first-order valence-electron chi connectivity index (χ1n) is 8.74. The number of aromatic nitrogens is 1. The minimum atomic E-state index is -0.216. The van der Waals surface area contributed by atoms with Gasteiger partial charge in [-0.3, -0.25) is 9.59 Å². The highest BCUT2D eigenvalue weighted by atomic mass is 32.2. The van der Waals surface area contributed by atoms with Crippen molar-refractivity contribution in [3.8, 4) is 0 Å². The van der Waals surface area contributed by atoms with Gasteiger partial charge in [0, 0.05) is 17.1 Å². The first kappa shape index (κ1) is 17.6. The molecule has 0 aliphatic heterocycles. The monoisotopic (exact) mass is 381 g/mol. The molecule has 1 heterocycles. The van der Waals surface area contributed by atoms with Crippen molar-refractivity contribution in [2.75, 3.05) is 22.1 Å². The summed E-state index contributed by atoms with van der Waals surface area (Å²) in [4.78, 5) is 24.2. The van der Waals surface area contributed by atoms with E-state index in [2.05, 4.69) is 27.9 Å². The largest absolute Gasteiger partial charge is 0.360 e. The predicted octanol–water partition coefficient (Wildman–Crippen LogP) is 3.55. The molecule has 2 amide bonds. The molecule has 0 fully saturated rings. The zero-order chi connectivity index (χ0) is 18.8. The molecule has 0 unspecified atom stereocenters. The molecule has 27 heavy (non-hydrogen) atoms. The van der Waals surface area contributed by atoms with E-state index < -0.39 is 0 Å². The summed E-state index contributed by atoms with van der Waals surface area (Å²) in [6, 6.07) is 11.9. The number of hydrogen-bond donors (Lipinski definition) is 2. The smallest absolute Gasteiger partial charge is 0.235 e. The van der Waals surface area contributed by atoms with Crippen LogP contribution < -0.4 is 10.6 Å². The van der Waals surface area contributed by atoms with E-state index in [1.807, 2.05) is 18.2 Å². The normalized spacial score (nSPS) is 12.3. The number of nitrogens with zero attached hydrogens (tertiary/aromatic N) is 1. The van der Waals surface area contributed by atoms with Crippen LogP contribution in [0.3, 0.4) is 0 Å². The molecule has 0 atom stereocenters. The zero-order valence-electron chi connectivity index (χ0n) is 14.9. The van der Waals surface area contributed by atoms with Crippen molar-refractivity contribution in [1.82, 2.24) is 5.16 Å². The van der Waals surface area contributed by atoms with E-state index >= 15 is 0 Å². The molecule has 1 aliphatic rings. The van der Waals surface area contributed by atoms with Crippen LogP contribution >= 0.6 is 11.8 Å². The number of benzene rings is 2. The van der Waals surface area contributed by atoms with Crippen molar-refractivity contribution < 1.29 is 14.1 Å². The van der Waals surface area contributed by atoms with E-state index in [4.69, 9.17) is 4.52 Å². The third-order valence-corrected chi connectivity index (χ3v) is 5.45. The Morgan fingerprint density at radius 1 is 1.07 bits per heavy atom. The Balaban J connectivity index is 1.32. The van der Waals surface area contributed by atoms with Crippen molar-refractivity contribution in [1.29, 1.82) is 0 Å². The Morgan fingerprint density at radius 2 is 1.81 bits per heavy atom. The summed E-state index contributed by atoms with van der Waals surface area (Å²) in [6.45, 7) is 1.75. The number of amides is 2. The van der Waals surface area contributed by atoms with Crippen molar-refractivity contribution in [3.63, 3.8) is 0 Å². The molecule has 3 aromatic rings. The number of aryl methyl sites for hydroxylation is 3. The molecular formula is C20H19N3O3S. The van der Waals surface area contributed by atoms with Gasteiger partial charge in [-0.2, -0.15) is 0 Å². The van der Waals surface area contributed by atoms with Gasteiger partial charge in [-0.1, -0.05) is 29.4 Å². The summed E-state index contributed by atoms with van der Waals surface area (Å²) in [5.74, 6) is 1.05. The van der Waals surface area contributed by atoms with E-state index in [1.165, 1.54) is 28.3 Å². The Kier molecular flexibility index (Phi) is 4.85. The van der Waals surface area contributed by atoms with Crippen molar-refractivity contribution in [2.45, 2.75) is 19.8 Å². The molecule has 0 saturated heterocycles. The minimum absolute atomic E-state index is 0.121. The molecule has 138 valence electrons. The summed E-state index contributed by atoms with van der Waals surface area (Å²) >= 11 is 1.26. The van der Waals surface area contributed by atoms with Gasteiger partial charge in [-0.05, 0) is 42.3 Å². The molecular weight excluding hydrogens is 362 g/mol. The number of hydrogen-bond acceptors (Lipinski definition) is 5. The SMILES string of the molecule is Cc1cc(NC(=O)CSCC(=O)Nc2ccc3c4c(cccc24)CC3)no1. The van der Waals surface area contributed by atoms with Gasteiger partial charge in [0.1, 0.15) is 5.76 Å². The lowest BCUT2D eigenvalue weighted by atomic mass is 10.0. The van der Waals surface area contributed by atoms with Crippen LogP contribution in [0.15, 0.2) is 40.9 Å². The standard InChI is InChI=1S/C20H19N3O3S/c1-12-9-17(23-26-12)22-19(25)11-27-10-18(24)21-16-8-7-14-6-5-13-3-2-4-15(16)20(13)14/h2-4,7-9H,5-6,10-11H2,1H3,(H,21,24)(H,22,23,25). The van der Waals surface area contributed by atoms with Crippen LogP contribution in [0.2, 0.25) is 0 Å². The Morgan fingerprint density at radius 3 is 2.56 bits per heavy atom. The maximum atomic E-state index is 12.3. The summed E-state index contributed by atoms with van der Waals surface area (Å²) < 4.78 is 4.90. The fraction of sp³-hybridized carbons (Fsp3) is 0.250. The maximum absolute atomic E-state index is 12.3. The molecule has 4 rings (SSSR count). The molecule has 7 heteroatoms. The van der Waals surface area contributed by atoms with E-state index in [0.29, 0.717) is 11.6 Å². The van der Waals surface area contributed by atoms with Crippen LogP contribution in [0.4, 0.5) is 11.5 Å². The summed E-state index contributed by atoms with van der Waals surface area (Å²) in [6.07, 6.45) is 2.11. The van der Waals surface area contributed by atoms with Crippen molar-refractivity contribution in [3.05, 3.63) is 53.3 Å². The Bertz CT molecular complexity index is 1020. The number of carbonyl (C=O) groups is 2. The van der Waals surface area contributed by atoms with Gasteiger partial charge in [0.05, 0.1) is 11.5 Å². The first-order valence-corrected chi connectivity index (χ1v) is 9.90. The van der Waals surface area contributed by atoms with E-state index in [1.54, 1.807) is 13.0 Å². The second-order valence-corrected chi connectivity index (χ2v) is 7.51. The van der Waals surface area contributed by atoms with E-state index in [0.717, 1.165) is 23.9 Å². The lowest BCUT2D eigenvalue weighted by Crippen LogP contribution is -2.18. The van der Waals surface area contributed by atoms with Crippen molar-refractivity contribution >= 4 is 45.9 Å². The zero-order valence-corrected chi connectivity index (χ0v) is 15.7. The van der Waals surface area contributed by atoms with Gasteiger partial charge in [0.15, 0.2) is 5.82 Å². The third-order valence-electron chi connectivity index (χ3n) is 4.51. The van der Waals surface area contributed by atoms with Gasteiger partial charge in [0.2, 0.25) is 11.8 Å². The average Bonchev–Trinajstić information content (AvgIpc) is 3.25. The number of thioether (sulfide) groups is 1. The second-order valence-electron chi connectivity index (χ2n) is 6.52. The average molecular weight is 381 g/mol. The molecule has 2 aromatic carbocycles. The van der Waals surface area contributed by atoms with Crippen LogP contribution in [-0.2, 0) is 22.4 Å². The Hall–Kier alpha value is -2.80. The summed E-state index contributed by atoms with van der Waals surface area (Å²) in [5.41, 5.74) is 3.51. The van der Waals surface area contributed by atoms with Gasteiger partial charge in [0.25, 0.3) is 0 Å². The second kappa shape index (κ2) is 7.44. The molecule has 2 N–H and O–H groups in total. The topological polar surface area (TPSA) is 84.2 Å². The van der Waals surface area contributed by atoms with Crippen molar-refractivity contribution in [2.24, 2.45) is 0 Å². The van der Waals surface area contributed by atoms with Crippen LogP contribution in [0, 0.1) is 6.92 Å². The van der Waals surface area contributed by atoms with Gasteiger partial charge in [-0.25, -0.2) is 0 Å². The number of rotatable bonds is 6. The quantitative estimate of drug-likeness (QED) is 0.682. The molecule has 0 radical (unpaired) electrons. The number of anilines is 2. The van der Waals surface area contributed by atoms with Crippen LogP contribution in [0.1, 0.15) is 16.9 Å². The fourth-order valence-electron chi connectivity index (χ4n) is 3.38. The molecule has 0 saturated carbocycles. The summed E-state index contributed by atoms with van der Waals surface area (Å²) in [7, 11) is 0. The number of carbonyl (C=O) groups excluding carboxylic acids is 2. The van der Waals surface area contributed by atoms with Crippen LogP contribution in [-0.4, -0.2) is 28.5 Å². The van der Waals surface area contributed by atoms with E-state index in [9.17, 15) is 9.59 Å². The van der Waals surface area contributed by atoms with Gasteiger partial charge >= 0.3 is 0 Å². The highest BCUT2D eigenvalue weighted by molar-refractivity contribution is 8.00. The highest BCUT2D eigenvalue weighted by Gasteiger charge is 2.16. The Labute approximate surface area is 160 Å². The van der Waals surface area contributed by atoms with Gasteiger partial charge in [-0.15, -0.1) is 11.8 Å². The third kappa shape index (κ3) is 3.83. The van der Waals surface area contributed by atoms with Gasteiger partial charge < -0.3 is 15.2 Å². The summed E-state index contributed by atoms with van der Waals surface area (Å²) in [5, 5.41) is 11.7. The predicted molar refractivity (Wildman–Crippen MR) is 107 cm³/mol. The van der Waals surface area contributed by atoms with E-state index in [-0.39, 0.29) is 23.3 Å². The van der Waals surface area contributed by atoms with Crippen LogP contribution in [0.25, 0.3) is 10.8 Å². The number of nitrogens with one attached hydrogen (secondary N) is 2. The lowest BCUT2D eigenvalue weighted by Gasteiger charge is -2.10. The first-order chi connectivity index (χ1) is 13.1. The maximum Gasteiger partial charge on any atom is 0.235 e. The molecule has 0 spiro atoms. The fourth-order valence-corrected chi connectivity index (χ4v) is 4.00. The highest BCUT2D eigenvalue weighted by Crippen LogP contribution is 2.35.